The van der Waals surface area contributed by atoms with Crippen molar-refractivity contribution in [3.63, 3.8) is 0 Å². The smallest absolute Gasteiger partial charge is 0.348 e. The van der Waals surface area contributed by atoms with Gasteiger partial charge in [-0.3, -0.25) is 4.79 Å². The van der Waals surface area contributed by atoms with Crippen LogP contribution in [-0.4, -0.2) is 30.8 Å². The van der Waals surface area contributed by atoms with Crippen LogP contribution in [0.1, 0.15) is 52.8 Å². The number of carbonyl (C=O) groups is 1. The van der Waals surface area contributed by atoms with Crippen molar-refractivity contribution in [2.75, 3.05) is 0 Å². The average Bonchev–Trinajstić information content (AvgIpc) is 3.45. The van der Waals surface area contributed by atoms with Gasteiger partial charge in [0.15, 0.2) is 11.6 Å². The fourth-order valence-corrected chi connectivity index (χ4v) is 3.18. The van der Waals surface area contributed by atoms with E-state index >= 15 is 0 Å². The Balaban J connectivity index is 1.44. The molecule has 0 fully saturated rings. The van der Waals surface area contributed by atoms with Gasteiger partial charge in [-0.1, -0.05) is 31.1 Å². The Morgan fingerprint density at radius 3 is 2.44 bits per heavy atom. The monoisotopic (exact) mass is 470 g/mol. The van der Waals surface area contributed by atoms with Crippen molar-refractivity contribution >= 4 is 5.91 Å². The summed E-state index contributed by atoms with van der Waals surface area (Å²) in [6.45, 7) is 5.74. The van der Waals surface area contributed by atoms with E-state index in [0.29, 0.717) is 39.9 Å². The Hall–Kier alpha value is -4.02. The molecule has 34 heavy (non-hydrogen) atoms. The lowest BCUT2D eigenvalue weighted by atomic mass is 10.1. The highest BCUT2D eigenvalue weighted by Gasteiger charge is 2.30. The number of aromatic nitrogens is 5. The molecule has 4 aromatic rings. The van der Waals surface area contributed by atoms with Crippen LogP contribution in [0.4, 0.5) is 13.2 Å². The molecule has 4 rings (SSSR count). The molecule has 0 aliphatic carbocycles. The molecule has 8 nitrogen and oxygen atoms in total. The van der Waals surface area contributed by atoms with Gasteiger partial charge in [-0.2, -0.15) is 23.3 Å². The SMILES string of the molecule is Cc1c(C(=O)NCc2ccc(C(F)(F)F)cc2)cnn1-c1ccc(-c2nc(C(C)C)no2)cn1. The minimum absolute atomic E-state index is 0.0804. The fourth-order valence-electron chi connectivity index (χ4n) is 3.18. The summed E-state index contributed by atoms with van der Waals surface area (Å²) in [6.07, 6.45) is -1.40. The van der Waals surface area contributed by atoms with Crippen molar-refractivity contribution in [3.05, 3.63) is 77.0 Å². The number of benzene rings is 1. The zero-order valence-corrected chi connectivity index (χ0v) is 18.6. The molecule has 1 N–H and O–H groups in total. The van der Waals surface area contributed by atoms with Crippen molar-refractivity contribution in [1.29, 1.82) is 0 Å². The molecule has 3 aromatic heterocycles. The molecular weight excluding hydrogens is 449 g/mol. The maximum absolute atomic E-state index is 12.7. The first kappa shape index (κ1) is 23.1. The van der Waals surface area contributed by atoms with Crippen LogP contribution < -0.4 is 5.32 Å². The summed E-state index contributed by atoms with van der Waals surface area (Å²) in [5.41, 5.74) is 1.35. The number of alkyl halides is 3. The Kier molecular flexibility index (Phi) is 6.18. The molecule has 176 valence electrons. The molecule has 0 aliphatic heterocycles. The number of rotatable bonds is 6. The Labute approximate surface area is 192 Å². The molecular formula is C23H21F3N6O2. The number of pyridine rings is 1. The van der Waals surface area contributed by atoms with Crippen LogP contribution in [0.25, 0.3) is 17.3 Å². The minimum atomic E-state index is -4.40. The first-order chi connectivity index (χ1) is 16.1. The summed E-state index contributed by atoms with van der Waals surface area (Å²) < 4.78 is 44.8. The van der Waals surface area contributed by atoms with Crippen LogP contribution in [-0.2, 0) is 12.7 Å². The Morgan fingerprint density at radius 2 is 1.85 bits per heavy atom. The number of amides is 1. The van der Waals surface area contributed by atoms with E-state index in [2.05, 4.69) is 25.5 Å². The third-order valence-corrected chi connectivity index (χ3v) is 5.16. The number of halogens is 3. The van der Waals surface area contributed by atoms with Crippen LogP contribution in [0.3, 0.4) is 0 Å². The van der Waals surface area contributed by atoms with Crippen molar-refractivity contribution in [2.45, 2.75) is 39.4 Å². The highest BCUT2D eigenvalue weighted by molar-refractivity contribution is 5.95. The number of hydrogen-bond acceptors (Lipinski definition) is 6. The largest absolute Gasteiger partial charge is 0.416 e. The van der Waals surface area contributed by atoms with Crippen LogP contribution >= 0.6 is 0 Å². The van der Waals surface area contributed by atoms with E-state index in [1.54, 1.807) is 25.3 Å². The standard InChI is InChI=1S/C23H21F3N6O2/c1-13(2)20-30-22(34-31-20)16-6-9-19(27-11-16)32-14(3)18(12-29-32)21(33)28-10-15-4-7-17(8-5-15)23(24,25)26/h4-9,11-13H,10H2,1-3H3,(H,28,33). The van der Waals surface area contributed by atoms with E-state index in [0.717, 1.165) is 12.1 Å². The second-order valence-corrected chi connectivity index (χ2v) is 7.95. The fraction of sp³-hybridized carbons (Fsp3) is 0.261. The van der Waals surface area contributed by atoms with Gasteiger partial charge in [0.1, 0.15) is 0 Å². The van der Waals surface area contributed by atoms with Gasteiger partial charge in [-0.25, -0.2) is 9.67 Å². The van der Waals surface area contributed by atoms with Crippen LogP contribution in [0, 0.1) is 6.92 Å². The number of nitrogens with zero attached hydrogens (tertiary/aromatic N) is 5. The van der Waals surface area contributed by atoms with Crippen molar-refractivity contribution in [3.8, 4) is 17.3 Å². The number of hydrogen-bond donors (Lipinski definition) is 1. The molecule has 0 unspecified atom stereocenters. The van der Waals surface area contributed by atoms with E-state index < -0.39 is 17.6 Å². The molecule has 0 radical (unpaired) electrons. The van der Waals surface area contributed by atoms with Gasteiger partial charge in [-0.15, -0.1) is 0 Å². The highest BCUT2D eigenvalue weighted by atomic mass is 19.4. The first-order valence-electron chi connectivity index (χ1n) is 10.4. The Bertz CT molecular complexity index is 1290. The molecule has 0 bridgehead atoms. The third-order valence-electron chi connectivity index (χ3n) is 5.16. The summed E-state index contributed by atoms with van der Waals surface area (Å²) in [5, 5.41) is 10.9. The average molecular weight is 470 g/mol. The maximum atomic E-state index is 12.7. The second kappa shape index (κ2) is 9.08. The molecule has 1 aromatic carbocycles. The topological polar surface area (TPSA) is 98.7 Å². The second-order valence-electron chi connectivity index (χ2n) is 7.95. The molecule has 3 heterocycles. The van der Waals surface area contributed by atoms with Crippen LogP contribution in [0.15, 0.2) is 53.3 Å². The predicted octanol–water partition coefficient (Wildman–Crippen LogP) is 4.70. The van der Waals surface area contributed by atoms with E-state index in [1.807, 2.05) is 13.8 Å². The summed E-state index contributed by atoms with van der Waals surface area (Å²) in [5.74, 6) is 1.21. The van der Waals surface area contributed by atoms with E-state index in [1.165, 1.54) is 23.0 Å². The lowest BCUT2D eigenvalue weighted by Crippen LogP contribution is -2.23. The van der Waals surface area contributed by atoms with Gasteiger partial charge in [0.2, 0.25) is 0 Å². The van der Waals surface area contributed by atoms with Crippen molar-refractivity contribution in [1.82, 2.24) is 30.2 Å². The van der Waals surface area contributed by atoms with E-state index in [4.69, 9.17) is 4.52 Å². The molecule has 0 aliphatic rings. The minimum Gasteiger partial charge on any atom is -0.348 e. The molecule has 0 atom stereocenters. The van der Waals surface area contributed by atoms with Crippen molar-refractivity contribution in [2.24, 2.45) is 0 Å². The number of carbonyl (C=O) groups excluding carboxylic acids is 1. The van der Waals surface area contributed by atoms with Gasteiger partial charge in [0.05, 0.1) is 28.6 Å². The van der Waals surface area contributed by atoms with Gasteiger partial charge >= 0.3 is 6.18 Å². The summed E-state index contributed by atoms with van der Waals surface area (Å²) in [6, 6.07) is 8.12. The first-order valence-corrected chi connectivity index (χ1v) is 10.4. The van der Waals surface area contributed by atoms with Gasteiger partial charge in [0, 0.05) is 18.7 Å². The lowest BCUT2D eigenvalue weighted by molar-refractivity contribution is -0.137. The molecule has 1 amide bonds. The highest BCUT2D eigenvalue weighted by Crippen LogP contribution is 2.29. The zero-order chi connectivity index (χ0) is 24.5. The van der Waals surface area contributed by atoms with Gasteiger partial charge in [-0.05, 0) is 36.8 Å². The normalized spacial score (nSPS) is 11.7. The van der Waals surface area contributed by atoms with E-state index in [-0.39, 0.29) is 12.5 Å². The molecule has 11 heteroatoms. The molecule has 0 saturated carbocycles. The third kappa shape index (κ3) is 4.82. The van der Waals surface area contributed by atoms with Gasteiger partial charge < -0.3 is 9.84 Å². The summed E-state index contributed by atoms with van der Waals surface area (Å²) in [4.78, 5) is 21.3. The number of nitrogens with one attached hydrogen (secondary N) is 1. The molecule has 0 spiro atoms. The van der Waals surface area contributed by atoms with Crippen molar-refractivity contribution < 1.29 is 22.5 Å². The quantitative estimate of drug-likeness (QED) is 0.439. The summed E-state index contributed by atoms with van der Waals surface area (Å²) in [7, 11) is 0. The predicted molar refractivity (Wildman–Crippen MR) is 116 cm³/mol. The zero-order valence-electron chi connectivity index (χ0n) is 18.6. The molecule has 0 saturated heterocycles. The van der Waals surface area contributed by atoms with E-state index in [9.17, 15) is 18.0 Å². The maximum Gasteiger partial charge on any atom is 0.416 e. The van der Waals surface area contributed by atoms with Gasteiger partial charge in [0.25, 0.3) is 11.8 Å². The Morgan fingerprint density at radius 1 is 1.12 bits per heavy atom. The lowest BCUT2D eigenvalue weighted by Gasteiger charge is -2.09. The van der Waals surface area contributed by atoms with Crippen LogP contribution in [0.5, 0.6) is 0 Å². The van der Waals surface area contributed by atoms with Crippen LogP contribution in [0.2, 0.25) is 0 Å². The summed E-state index contributed by atoms with van der Waals surface area (Å²) >= 11 is 0.